The third kappa shape index (κ3) is 5.21. The van der Waals surface area contributed by atoms with Crippen LogP contribution < -0.4 is 10.6 Å². The van der Waals surface area contributed by atoms with Crippen molar-refractivity contribution in [3.8, 4) is 0 Å². The van der Waals surface area contributed by atoms with E-state index >= 15 is 0 Å². The zero-order chi connectivity index (χ0) is 14.5. The first-order valence-electron chi connectivity index (χ1n) is 6.27. The number of hydrogen-bond acceptors (Lipinski definition) is 5. The average molecular weight is 265 g/mol. The Kier molecular flexibility index (Phi) is 5.23. The molecule has 2 N–H and O–H groups in total. The van der Waals surface area contributed by atoms with E-state index in [2.05, 4.69) is 39.3 Å². The molecule has 0 fully saturated rings. The molecule has 0 aliphatic heterocycles. The lowest BCUT2D eigenvalue weighted by atomic mass is 9.93. The number of carbonyl (C=O) groups excluding carboxylic acids is 1. The molecule has 6 nitrogen and oxygen atoms in total. The summed E-state index contributed by atoms with van der Waals surface area (Å²) < 4.78 is 0. The highest BCUT2D eigenvalue weighted by atomic mass is 16.1. The van der Waals surface area contributed by atoms with Gasteiger partial charge < -0.3 is 15.5 Å². The minimum atomic E-state index is -0.193. The number of hydrogen-bond donors (Lipinski definition) is 2. The normalized spacial score (nSPS) is 11.5. The van der Waals surface area contributed by atoms with E-state index in [1.54, 1.807) is 13.2 Å². The van der Waals surface area contributed by atoms with Crippen molar-refractivity contribution in [3.63, 3.8) is 0 Å². The Morgan fingerprint density at radius 3 is 2.47 bits per heavy atom. The number of anilines is 1. The summed E-state index contributed by atoms with van der Waals surface area (Å²) in [5.74, 6) is 0.450. The van der Waals surface area contributed by atoms with Crippen molar-refractivity contribution in [3.05, 3.63) is 18.1 Å². The summed E-state index contributed by atoms with van der Waals surface area (Å²) in [4.78, 5) is 22.2. The molecule has 6 heteroatoms. The van der Waals surface area contributed by atoms with E-state index in [9.17, 15) is 4.79 Å². The van der Waals surface area contributed by atoms with E-state index in [4.69, 9.17) is 0 Å². The summed E-state index contributed by atoms with van der Waals surface area (Å²) in [7, 11) is 5.80. The zero-order valence-electron chi connectivity index (χ0n) is 12.3. The second-order valence-corrected chi connectivity index (χ2v) is 5.62. The molecule has 1 rings (SSSR count). The van der Waals surface area contributed by atoms with E-state index in [0.29, 0.717) is 18.1 Å². The molecular weight excluding hydrogens is 242 g/mol. The van der Waals surface area contributed by atoms with Crippen molar-refractivity contribution >= 4 is 11.7 Å². The molecule has 0 aromatic carbocycles. The highest BCUT2D eigenvalue weighted by Crippen LogP contribution is 2.14. The molecule has 106 valence electrons. The number of aromatic nitrogens is 2. The van der Waals surface area contributed by atoms with Gasteiger partial charge in [-0.3, -0.25) is 4.79 Å². The quantitative estimate of drug-likeness (QED) is 0.797. The van der Waals surface area contributed by atoms with Gasteiger partial charge in [0.25, 0.3) is 5.91 Å². The average Bonchev–Trinajstić information content (AvgIpc) is 2.34. The third-order valence-corrected chi connectivity index (χ3v) is 2.61. The van der Waals surface area contributed by atoms with Crippen LogP contribution in [0.25, 0.3) is 0 Å². The predicted octanol–water partition coefficient (Wildman–Crippen LogP) is 0.836. The molecule has 0 saturated carbocycles. The monoisotopic (exact) mass is 265 g/mol. The van der Waals surface area contributed by atoms with Gasteiger partial charge in [0.15, 0.2) is 0 Å². The minimum absolute atomic E-state index is 0.0114. The fourth-order valence-corrected chi connectivity index (χ4v) is 1.90. The van der Waals surface area contributed by atoms with Crippen LogP contribution >= 0.6 is 0 Å². The van der Waals surface area contributed by atoms with Gasteiger partial charge in [-0.25, -0.2) is 9.97 Å². The summed E-state index contributed by atoms with van der Waals surface area (Å²) in [6, 6.07) is 0. The van der Waals surface area contributed by atoms with Gasteiger partial charge in [0.1, 0.15) is 11.5 Å². The molecule has 0 unspecified atom stereocenters. The molecule has 0 spiro atoms. The Labute approximate surface area is 114 Å². The first kappa shape index (κ1) is 15.4. The van der Waals surface area contributed by atoms with Gasteiger partial charge in [0, 0.05) is 20.1 Å². The Morgan fingerprint density at radius 1 is 1.32 bits per heavy atom. The van der Waals surface area contributed by atoms with Crippen molar-refractivity contribution in [2.24, 2.45) is 5.41 Å². The summed E-state index contributed by atoms with van der Waals surface area (Å²) >= 11 is 0. The summed E-state index contributed by atoms with van der Waals surface area (Å²) in [5.41, 5.74) is 0.344. The van der Waals surface area contributed by atoms with Crippen LogP contribution in [-0.4, -0.2) is 55.0 Å². The molecule has 1 aromatic heterocycles. The molecular formula is C13H23N5O. The third-order valence-electron chi connectivity index (χ3n) is 2.61. The first-order valence-corrected chi connectivity index (χ1v) is 6.27. The molecule has 1 heterocycles. The highest BCUT2D eigenvalue weighted by molar-refractivity contribution is 5.92. The Hall–Kier alpha value is -1.69. The highest BCUT2D eigenvalue weighted by Gasteiger charge is 2.20. The molecule has 0 radical (unpaired) electrons. The van der Waals surface area contributed by atoms with Crippen molar-refractivity contribution < 1.29 is 4.79 Å². The summed E-state index contributed by atoms with van der Waals surface area (Å²) in [6.45, 7) is 5.73. The van der Waals surface area contributed by atoms with Gasteiger partial charge in [0.2, 0.25) is 0 Å². The minimum Gasteiger partial charge on any atom is -0.372 e. The number of nitrogens with one attached hydrogen (secondary N) is 2. The van der Waals surface area contributed by atoms with Crippen LogP contribution in [0.15, 0.2) is 12.4 Å². The van der Waals surface area contributed by atoms with Gasteiger partial charge in [-0.05, 0) is 19.5 Å². The lowest BCUT2D eigenvalue weighted by Gasteiger charge is -2.28. The van der Waals surface area contributed by atoms with Gasteiger partial charge in [-0.1, -0.05) is 13.8 Å². The maximum absolute atomic E-state index is 11.9. The van der Waals surface area contributed by atoms with Gasteiger partial charge >= 0.3 is 0 Å². The predicted molar refractivity (Wildman–Crippen MR) is 76.2 cm³/mol. The van der Waals surface area contributed by atoms with Crippen molar-refractivity contribution in [2.75, 3.05) is 39.5 Å². The molecule has 0 atom stereocenters. The molecule has 0 aliphatic rings. The van der Waals surface area contributed by atoms with Crippen LogP contribution in [0.3, 0.4) is 0 Å². The van der Waals surface area contributed by atoms with E-state index in [-0.39, 0.29) is 11.3 Å². The zero-order valence-corrected chi connectivity index (χ0v) is 12.3. The van der Waals surface area contributed by atoms with Gasteiger partial charge in [-0.2, -0.15) is 0 Å². The summed E-state index contributed by atoms with van der Waals surface area (Å²) in [6.07, 6.45) is 3.01. The van der Waals surface area contributed by atoms with E-state index in [1.807, 2.05) is 14.1 Å². The largest absolute Gasteiger partial charge is 0.372 e. The number of rotatable bonds is 6. The number of nitrogens with zero attached hydrogens (tertiary/aromatic N) is 3. The smallest absolute Gasteiger partial charge is 0.271 e. The van der Waals surface area contributed by atoms with Gasteiger partial charge in [-0.15, -0.1) is 0 Å². The van der Waals surface area contributed by atoms with Crippen LogP contribution in [0, 0.1) is 5.41 Å². The van der Waals surface area contributed by atoms with Crippen LogP contribution in [0.2, 0.25) is 0 Å². The van der Waals surface area contributed by atoms with Crippen molar-refractivity contribution in [1.82, 2.24) is 20.2 Å². The molecule has 1 amide bonds. The lowest BCUT2D eigenvalue weighted by molar-refractivity contribution is 0.0924. The molecule has 19 heavy (non-hydrogen) atoms. The van der Waals surface area contributed by atoms with Crippen molar-refractivity contribution in [1.29, 1.82) is 0 Å². The SMILES string of the molecule is CNc1cnc(C(=O)NCC(C)(C)CN(C)C)cn1. The maximum atomic E-state index is 11.9. The lowest BCUT2D eigenvalue weighted by Crippen LogP contribution is -2.40. The second kappa shape index (κ2) is 6.47. The number of carbonyl (C=O) groups is 1. The van der Waals surface area contributed by atoms with Crippen LogP contribution in [-0.2, 0) is 0 Å². The Bertz CT molecular complexity index is 414. The molecule has 0 saturated heterocycles. The molecule has 0 aliphatic carbocycles. The topological polar surface area (TPSA) is 70.2 Å². The van der Waals surface area contributed by atoms with E-state index < -0.39 is 0 Å². The van der Waals surface area contributed by atoms with Gasteiger partial charge in [0.05, 0.1) is 12.4 Å². The fourth-order valence-electron chi connectivity index (χ4n) is 1.90. The van der Waals surface area contributed by atoms with E-state index in [1.165, 1.54) is 6.20 Å². The molecule has 0 bridgehead atoms. The standard InChI is InChI=1S/C13H23N5O/c1-13(2,9-18(4)5)8-17-12(19)10-6-16-11(14-3)7-15-10/h6-7H,8-9H2,1-5H3,(H,14,16)(H,17,19). The van der Waals surface area contributed by atoms with Crippen molar-refractivity contribution in [2.45, 2.75) is 13.8 Å². The van der Waals surface area contributed by atoms with Crippen LogP contribution in [0.1, 0.15) is 24.3 Å². The number of amides is 1. The Morgan fingerprint density at radius 2 is 2.00 bits per heavy atom. The Balaban J connectivity index is 2.55. The molecule has 1 aromatic rings. The second-order valence-electron chi connectivity index (χ2n) is 5.62. The first-order chi connectivity index (χ1) is 8.84. The van der Waals surface area contributed by atoms with Crippen LogP contribution in [0.4, 0.5) is 5.82 Å². The van der Waals surface area contributed by atoms with E-state index in [0.717, 1.165) is 6.54 Å². The maximum Gasteiger partial charge on any atom is 0.271 e. The summed E-state index contributed by atoms with van der Waals surface area (Å²) in [5, 5.41) is 5.75. The van der Waals surface area contributed by atoms with Crippen LogP contribution in [0.5, 0.6) is 0 Å². The fraction of sp³-hybridized carbons (Fsp3) is 0.615.